The Kier molecular flexibility index (Phi) is 7.89. The monoisotopic (exact) mass is 480 g/mol. The molecule has 1 saturated heterocycles. The normalized spacial score (nSPS) is 14.2. The van der Waals surface area contributed by atoms with Crippen molar-refractivity contribution < 1.29 is 23.8 Å². The fraction of sp³-hybridized carbons (Fsp3) is 0.385. The lowest BCUT2D eigenvalue weighted by Crippen LogP contribution is -2.38. The van der Waals surface area contributed by atoms with Crippen molar-refractivity contribution in [3.63, 3.8) is 0 Å². The number of aromatic nitrogens is 1. The number of urea groups is 1. The number of carbonyl (C=O) groups is 2. The summed E-state index contributed by atoms with van der Waals surface area (Å²) < 4.78 is 16.3. The number of fused-ring (bicyclic) bond motifs is 1. The maximum atomic E-state index is 12.9. The van der Waals surface area contributed by atoms with Crippen LogP contribution >= 0.6 is 0 Å². The Bertz CT molecular complexity index is 1180. The van der Waals surface area contributed by atoms with Gasteiger partial charge in [-0.1, -0.05) is 38.1 Å². The largest absolute Gasteiger partial charge is 0.492 e. The van der Waals surface area contributed by atoms with Crippen LogP contribution in [-0.4, -0.2) is 68.4 Å². The molecule has 2 aromatic carbocycles. The molecule has 0 atom stereocenters. The summed E-state index contributed by atoms with van der Waals surface area (Å²) in [5.41, 5.74) is 2.04. The number of carbonyl (C=O) groups excluding carboxylic acids is 2. The molecule has 2 amide bonds. The molecule has 3 aromatic rings. The highest BCUT2D eigenvalue weighted by molar-refractivity contribution is 6.09. The second kappa shape index (κ2) is 11.2. The third-order valence-corrected chi connectivity index (χ3v) is 6.00. The van der Waals surface area contributed by atoms with Crippen LogP contribution in [0.4, 0.5) is 16.2 Å². The van der Waals surface area contributed by atoms with Gasteiger partial charge in [0.05, 0.1) is 31.7 Å². The Morgan fingerprint density at radius 3 is 2.49 bits per heavy atom. The number of nitrogens with one attached hydrogen (secondary N) is 3. The van der Waals surface area contributed by atoms with Gasteiger partial charge in [0, 0.05) is 36.1 Å². The van der Waals surface area contributed by atoms with E-state index in [0.717, 1.165) is 55.1 Å². The Hall–Kier alpha value is -3.56. The number of benzene rings is 2. The predicted molar refractivity (Wildman–Crippen MR) is 136 cm³/mol. The third-order valence-electron chi connectivity index (χ3n) is 6.00. The minimum absolute atomic E-state index is 0.150. The molecule has 3 N–H and O–H groups in total. The van der Waals surface area contributed by atoms with Gasteiger partial charge in [0.1, 0.15) is 18.1 Å². The van der Waals surface area contributed by atoms with Crippen molar-refractivity contribution in [3.05, 3.63) is 53.9 Å². The van der Waals surface area contributed by atoms with Crippen molar-refractivity contribution in [2.45, 2.75) is 19.8 Å². The summed E-state index contributed by atoms with van der Waals surface area (Å²) in [5, 5.41) is 7.43. The molecule has 186 valence electrons. The number of hydrogen-bond donors (Lipinski definition) is 3. The Morgan fingerprint density at radius 1 is 1.06 bits per heavy atom. The van der Waals surface area contributed by atoms with E-state index < -0.39 is 12.0 Å². The van der Waals surface area contributed by atoms with Crippen LogP contribution in [0.1, 0.15) is 35.9 Å². The first-order valence-corrected chi connectivity index (χ1v) is 11.8. The molecule has 2 heterocycles. The average Bonchev–Trinajstić information content (AvgIpc) is 3.29. The van der Waals surface area contributed by atoms with E-state index in [-0.39, 0.29) is 11.6 Å². The second-order valence-electron chi connectivity index (χ2n) is 8.70. The summed E-state index contributed by atoms with van der Waals surface area (Å²) >= 11 is 0. The van der Waals surface area contributed by atoms with Gasteiger partial charge in [-0.15, -0.1) is 0 Å². The van der Waals surface area contributed by atoms with E-state index in [2.05, 4.69) is 20.5 Å². The number of morpholine rings is 1. The van der Waals surface area contributed by atoms with E-state index in [1.54, 1.807) is 6.07 Å². The van der Waals surface area contributed by atoms with Crippen LogP contribution in [0.5, 0.6) is 5.75 Å². The molecule has 1 fully saturated rings. The van der Waals surface area contributed by atoms with Gasteiger partial charge in [-0.3, -0.25) is 4.90 Å². The Balaban J connectivity index is 1.47. The van der Waals surface area contributed by atoms with Crippen LogP contribution in [-0.2, 0) is 9.47 Å². The highest BCUT2D eigenvalue weighted by Gasteiger charge is 2.20. The minimum atomic E-state index is -0.545. The average molecular weight is 481 g/mol. The number of H-pyrrole nitrogens is 1. The van der Waals surface area contributed by atoms with E-state index >= 15 is 0 Å². The quantitative estimate of drug-likeness (QED) is 0.412. The molecule has 0 saturated carbocycles. The number of rotatable bonds is 8. The number of hydrogen-bond acceptors (Lipinski definition) is 6. The van der Waals surface area contributed by atoms with Gasteiger partial charge in [0.25, 0.3) is 0 Å². The lowest BCUT2D eigenvalue weighted by atomic mass is 10.1. The molecule has 0 aliphatic carbocycles. The smallest absolute Gasteiger partial charge is 0.356 e. The summed E-state index contributed by atoms with van der Waals surface area (Å²) in [4.78, 5) is 30.4. The summed E-state index contributed by atoms with van der Waals surface area (Å²) in [6.45, 7) is 8.74. The maximum Gasteiger partial charge on any atom is 0.356 e. The molecule has 1 aromatic heterocycles. The van der Waals surface area contributed by atoms with E-state index in [1.807, 2.05) is 50.2 Å². The number of esters is 1. The van der Waals surface area contributed by atoms with Gasteiger partial charge in [0.2, 0.25) is 0 Å². The van der Waals surface area contributed by atoms with Crippen LogP contribution in [0.25, 0.3) is 10.8 Å². The van der Waals surface area contributed by atoms with Crippen LogP contribution < -0.4 is 15.4 Å². The molecule has 1 aliphatic rings. The zero-order chi connectivity index (χ0) is 24.8. The van der Waals surface area contributed by atoms with Crippen molar-refractivity contribution in [3.8, 4) is 5.75 Å². The van der Waals surface area contributed by atoms with Crippen LogP contribution in [0.15, 0.2) is 42.5 Å². The molecular formula is C26H32N4O5. The van der Waals surface area contributed by atoms with Crippen molar-refractivity contribution in [1.29, 1.82) is 0 Å². The Morgan fingerprint density at radius 2 is 1.77 bits per heavy atom. The fourth-order valence-corrected chi connectivity index (χ4v) is 4.04. The zero-order valence-electron chi connectivity index (χ0n) is 20.3. The molecule has 0 radical (unpaired) electrons. The molecule has 9 heteroatoms. The summed E-state index contributed by atoms with van der Waals surface area (Å²) in [5.74, 6) is 0.369. The zero-order valence-corrected chi connectivity index (χ0v) is 20.3. The van der Waals surface area contributed by atoms with E-state index in [9.17, 15) is 9.59 Å². The number of amides is 2. The molecule has 1 aliphatic heterocycles. The van der Waals surface area contributed by atoms with E-state index in [1.165, 1.54) is 7.11 Å². The first kappa shape index (κ1) is 24.6. The van der Waals surface area contributed by atoms with E-state index in [0.29, 0.717) is 18.0 Å². The minimum Gasteiger partial charge on any atom is -0.492 e. The lowest BCUT2D eigenvalue weighted by Gasteiger charge is -2.26. The molecule has 0 bridgehead atoms. The summed E-state index contributed by atoms with van der Waals surface area (Å²) in [7, 11) is 1.30. The van der Waals surface area contributed by atoms with Gasteiger partial charge in [-0.2, -0.15) is 0 Å². The highest BCUT2D eigenvalue weighted by Crippen LogP contribution is 2.32. The lowest BCUT2D eigenvalue weighted by molar-refractivity contribution is 0.0323. The van der Waals surface area contributed by atoms with Crippen molar-refractivity contribution in [1.82, 2.24) is 9.88 Å². The predicted octanol–water partition coefficient (Wildman–Crippen LogP) is 4.43. The molecule has 9 nitrogen and oxygen atoms in total. The standard InChI is InChI=1S/C26H32N4O5/c1-17(2)21-16-22(24(27-21)25(31)33-3)29-26(32)28-20-8-9-23(19-7-5-4-6-18(19)20)35-15-12-30-10-13-34-14-11-30/h4-9,16-17,27H,10-15H2,1-3H3,(H2,28,29,32). The molecule has 35 heavy (non-hydrogen) atoms. The number of methoxy groups -OCH3 is 1. The van der Waals surface area contributed by atoms with Gasteiger partial charge < -0.3 is 29.8 Å². The first-order chi connectivity index (χ1) is 17.0. The van der Waals surface area contributed by atoms with Gasteiger partial charge in [0.15, 0.2) is 0 Å². The highest BCUT2D eigenvalue weighted by atomic mass is 16.5. The number of anilines is 2. The van der Waals surface area contributed by atoms with E-state index in [4.69, 9.17) is 14.2 Å². The molecule has 4 rings (SSSR count). The van der Waals surface area contributed by atoms with Crippen molar-refractivity contribution >= 4 is 34.1 Å². The van der Waals surface area contributed by atoms with Gasteiger partial charge in [-0.25, -0.2) is 9.59 Å². The van der Waals surface area contributed by atoms with Crippen LogP contribution in [0.2, 0.25) is 0 Å². The number of aromatic amines is 1. The van der Waals surface area contributed by atoms with Crippen LogP contribution in [0, 0.1) is 0 Å². The van der Waals surface area contributed by atoms with Crippen molar-refractivity contribution in [2.24, 2.45) is 0 Å². The Labute approximate surface area is 204 Å². The van der Waals surface area contributed by atoms with Gasteiger partial charge in [-0.05, 0) is 24.1 Å². The summed E-state index contributed by atoms with van der Waals surface area (Å²) in [6.07, 6.45) is 0. The summed E-state index contributed by atoms with van der Waals surface area (Å²) in [6, 6.07) is 12.7. The second-order valence-corrected chi connectivity index (χ2v) is 8.70. The molecule has 0 unspecified atom stereocenters. The maximum absolute atomic E-state index is 12.9. The number of ether oxygens (including phenoxy) is 3. The fourth-order valence-electron chi connectivity index (χ4n) is 4.04. The molecular weight excluding hydrogens is 448 g/mol. The van der Waals surface area contributed by atoms with Gasteiger partial charge >= 0.3 is 12.0 Å². The first-order valence-electron chi connectivity index (χ1n) is 11.8. The van der Waals surface area contributed by atoms with Crippen molar-refractivity contribution in [2.75, 3.05) is 57.2 Å². The topological polar surface area (TPSA) is 105 Å². The number of nitrogens with zero attached hydrogens (tertiary/aromatic N) is 1. The molecule has 0 spiro atoms. The SMILES string of the molecule is COC(=O)c1[nH]c(C(C)C)cc1NC(=O)Nc1ccc(OCCN2CCOCC2)c2ccccc12. The van der Waals surface area contributed by atoms with Crippen LogP contribution in [0.3, 0.4) is 0 Å². The third kappa shape index (κ3) is 5.93.